The first-order chi connectivity index (χ1) is 8.61. The first kappa shape index (κ1) is 13.4. The summed E-state index contributed by atoms with van der Waals surface area (Å²) in [6.45, 7) is 8.49. The second-order valence-corrected chi connectivity index (χ2v) is 5.49. The Morgan fingerprint density at radius 2 is 2.11 bits per heavy atom. The SMILES string of the molecule is Cc1ccc(N2CCCN(C)CC2C)c(CN)c1. The maximum absolute atomic E-state index is 5.90. The van der Waals surface area contributed by atoms with Gasteiger partial charge < -0.3 is 15.5 Å². The van der Waals surface area contributed by atoms with Crippen LogP contribution in [-0.2, 0) is 6.54 Å². The van der Waals surface area contributed by atoms with E-state index in [1.807, 2.05) is 0 Å². The summed E-state index contributed by atoms with van der Waals surface area (Å²) >= 11 is 0. The maximum Gasteiger partial charge on any atom is 0.0414 e. The molecule has 0 radical (unpaired) electrons. The highest BCUT2D eigenvalue weighted by Gasteiger charge is 2.21. The summed E-state index contributed by atoms with van der Waals surface area (Å²) in [5.41, 5.74) is 9.79. The molecule has 100 valence electrons. The van der Waals surface area contributed by atoms with Gasteiger partial charge in [0.1, 0.15) is 0 Å². The molecule has 1 unspecified atom stereocenters. The molecule has 1 aromatic carbocycles. The second-order valence-electron chi connectivity index (χ2n) is 5.49. The van der Waals surface area contributed by atoms with Gasteiger partial charge in [-0.15, -0.1) is 0 Å². The Bertz CT molecular complexity index is 403. The number of nitrogens with two attached hydrogens (primary N) is 1. The Hall–Kier alpha value is -1.06. The molecule has 1 aliphatic rings. The molecule has 0 aliphatic carbocycles. The van der Waals surface area contributed by atoms with Gasteiger partial charge in [-0.25, -0.2) is 0 Å². The van der Waals surface area contributed by atoms with E-state index in [0.717, 1.165) is 13.1 Å². The molecule has 0 aromatic heterocycles. The van der Waals surface area contributed by atoms with Crippen LogP contribution in [0, 0.1) is 6.92 Å². The van der Waals surface area contributed by atoms with Crippen molar-refractivity contribution in [1.82, 2.24) is 4.90 Å². The average molecular weight is 247 g/mol. The van der Waals surface area contributed by atoms with Crippen LogP contribution in [-0.4, -0.2) is 37.6 Å². The predicted octanol–water partition coefficient (Wildman–Crippen LogP) is 1.98. The number of nitrogens with zero attached hydrogens (tertiary/aromatic N) is 2. The number of aryl methyl sites for hydroxylation is 1. The standard InChI is InChI=1S/C15H25N3/c1-12-5-6-15(14(9-12)10-16)18-8-4-7-17(3)11-13(18)2/h5-6,9,13H,4,7-8,10-11,16H2,1-3H3. The number of hydrogen-bond acceptors (Lipinski definition) is 3. The number of anilines is 1. The van der Waals surface area contributed by atoms with Crippen LogP contribution >= 0.6 is 0 Å². The predicted molar refractivity (Wildman–Crippen MR) is 78.0 cm³/mol. The Morgan fingerprint density at radius 1 is 1.33 bits per heavy atom. The summed E-state index contributed by atoms with van der Waals surface area (Å²) in [4.78, 5) is 4.94. The van der Waals surface area contributed by atoms with Crippen LogP contribution < -0.4 is 10.6 Å². The van der Waals surface area contributed by atoms with Gasteiger partial charge in [-0.3, -0.25) is 0 Å². The Balaban J connectivity index is 2.29. The highest BCUT2D eigenvalue weighted by Crippen LogP contribution is 2.25. The average Bonchev–Trinajstić information content (AvgIpc) is 2.50. The molecule has 0 amide bonds. The third kappa shape index (κ3) is 2.85. The lowest BCUT2D eigenvalue weighted by atomic mass is 10.1. The molecule has 1 aliphatic heterocycles. The van der Waals surface area contributed by atoms with E-state index in [1.54, 1.807) is 0 Å². The van der Waals surface area contributed by atoms with Gasteiger partial charge in [0.2, 0.25) is 0 Å². The monoisotopic (exact) mass is 247 g/mol. The molecule has 1 saturated heterocycles. The quantitative estimate of drug-likeness (QED) is 0.867. The molecule has 1 fully saturated rings. The second kappa shape index (κ2) is 5.72. The molecule has 2 N–H and O–H groups in total. The molecule has 0 spiro atoms. The summed E-state index contributed by atoms with van der Waals surface area (Å²) in [5.74, 6) is 0. The van der Waals surface area contributed by atoms with E-state index in [1.165, 1.54) is 29.8 Å². The smallest absolute Gasteiger partial charge is 0.0414 e. The highest BCUT2D eigenvalue weighted by molar-refractivity contribution is 5.56. The van der Waals surface area contributed by atoms with Crippen molar-refractivity contribution in [3.05, 3.63) is 29.3 Å². The van der Waals surface area contributed by atoms with Crippen molar-refractivity contribution in [2.45, 2.75) is 32.9 Å². The van der Waals surface area contributed by atoms with Gasteiger partial charge >= 0.3 is 0 Å². The fourth-order valence-electron chi connectivity index (χ4n) is 2.89. The summed E-state index contributed by atoms with van der Waals surface area (Å²) in [6, 6.07) is 7.19. The van der Waals surface area contributed by atoms with Gasteiger partial charge in [-0.1, -0.05) is 17.7 Å². The third-order valence-corrected chi connectivity index (χ3v) is 3.81. The van der Waals surface area contributed by atoms with Crippen LogP contribution in [0.1, 0.15) is 24.5 Å². The van der Waals surface area contributed by atoms with E-state index in [4.69, 9.17) is 5.73 Å². The van der Waals surface area contributed by atoms with Crippen molar-refractivity contribution in [2.75, 3.05) is 31.6 Å². The third-order valence-electron chi connectivity index (χ3n) is 3.81. The molecule has 18 heavy (non-hydrogen) atoms. The molecular formula is C15H25N3. The van der Waals surface area contributed by atoms with E-state index in [0.29, 0.717) is 12.6 Å². The Kier molecular flexibility index (Phi) is 4.25. The van der Waals surface area contributed by atoms with Gasteiger partial charge in [-0.05, 0) is 45.5 Å². The van der Waals surface area contributed by atoms with E-state index >= 15 is 0 Å². The van der Waals surface area contributed by atoms with Crippen molar-refractivity contribution in [3.8, 4) is 0 Å². The Labute approximate surface area is 111 Å². The molecule has 0 bridgehead atoms. The minimum atomic E-state index is 0.547. The fourth-order valence-corrected chi connectivity index (χ4v) is 2.89. The summed E-state index contributed by atoms with van der Waals surface area (Å²) < 4.78 is 0. The van der Waals surface area contributed by atoms with Crippen molar-refractivity contribution >= 4 is 5.69 Å². The van der Waals surface area contributed by atoms with Crippen LogP contribution in [0.2, 0.25) is 0 Å². The lowest BCUT2D eigenvalue weighted by Crippen LogP contribution is -2.38. The normalized spacial score (nSPS) is 22.0. The van der Waals surface area contributed by atoms with Crippen LogP contribution in [0.5, 0.6) is 0 Å². The minimum absolute atomic E-state index is 0.547. The fraction of sp³-hybridized carbons (Fsp3) is 0.600. The van der Waals surface area contributed by atoms with Crippen molar-refractivity contribution < 1.29 is 0 Å². The van der Waals surface area contributed by atoms with Crippen LogP contribution in [0.25, 0.3) is 0 Å². The first-order valence-corrected chi connectivity index (χ1v) is 6.86. The largest absolute Gasteiger partial charge is 0.367 e. The molecule has 1 heterocycles. The van der Waals surface area contributed by atoms with E-state index in [-0.39, 0.29) is 0 Å². The van der Waals surface area contributed by atoms with Crippen LogP contribution in [0.4, 0.5) is 5.69 Å². The summed E-state index contributed by atoms with van der Waals surface area (Å²) in [7, 11) is 2.21. The first-order valence-electron chi connectivity index (χ1n) is 6.86. The maximum atomic E-state index is 5.90. The summed E-state index contributed by atoms with van der Waals surface area (Å²) in [6.07, 6.45) is 1.22. The zero-order valence-corrected chi connectivity index (χ0v) is 11.8. The number of likely N-dealkylation sites (N-methyl/N-ethyl adjacent to an activating group) is 1. The van der Waals surface area contributed by atoms with Crippen LogP contribution in [0.3, 0.4) is 0 Å². The number of benzene rings is 1. The van der Waals surface area contributed by atoms with E-state index in [2.05, 4.69) is 48.9 Å². The van der Waals surface area contributed by atoms with Gasteiger partial charge in [-0.2, -0.15) is 0 Å². The van der Waals surface area contributed by atoms with Gasteiger partial charge in [0.15, 0.2) is 0 Å². The number of rotatable bonds is 2. The topological polar surface area (TPSA) is 32.5 Å². The van der Waals surface area contributed by atoms with Crippen molar-refractivity contribution in [3.63, 3.8) is 0 Å². The lowest BCUT2D eigenvalue weighted by molar-refractivity contribution is 0.337. The van der Waals surface area contributed by atoms with E-state index < -0.39 is 0 Å². The van der Waals surface area contributed by atoms with Crippen molar-refractivity contribution in [2.24, 2.45) is 5.73 Å². The minimum Gasteiger partial charge on any atom is -0.367 e. The zero-order chi connectivity index (χ0) is 13.1. The van der Waals surface area contributed by atoms with Gasteiger partial charge in [0, 0.05) is 31.4 Å². The zero-order valence-electron chi connectivity index (χ0n) is 11.8. The van der Waals surface area contributed by atoms with Crippen LogP contribution in [0.15, 0.2) is 18.2 Å². The van der Waals surface area contributed by atoms with Gasteiger partial charge in [0.05, 0.1) is 0 Å². The molecule has 3 nitrogen and oxygen atoms in total. The van der Waals surface area contributed by atoms with Gasteiger partial charge in [0.25, 0.3) is 0 Å². The molecular weight excluding hydrogens is 222 g/mol. The van der Waals surface area contributed by atoms with E-state index in [9.17, 15) is 0 Å². The molecule has 3 heteroatoms. The van der Waals surface area contributed by atoms with Crippen molar-refractivity contribution in [1.29, 1.82) is 0 Å². The highest BCUT2D eigenvalue weighted by atomic mass is 15.2. The number of hydrogen-bond donors (Lipinski definition) is 1. The Morgan fingerprint density at radius 3 is 2.83 bits per heavy atom. The molecule has 0 saturated carbocycles. The summed E-state index contributed by atoms with van der Waals surface area (Å²) in [5, 5.41) is 0. The molecule has 2 rings (SSSR count). The molecule has 1 atom stereocenters. The lowest BCUT2D eigenvalue weighted by Gasteiger charge is -2.32. The molecule has 1 aromatic rings.